The number of esters is 1. The van der Waals surface area contributed by atoms with Gasteiger partial charge < -0.3 is 10.1 Å². The maximum Gasteiger partial charge on any atom is 0.341 e. The van der Waals surface area contributed by atoms with Gasteiger partial charge in [0.25, 0.3) is 0 Å². The number of carbonyl (C=O) groups excluding carboxylic acids is 1. The van der Waals surface area contributed by atoms with Gasteiger partial charge in [-0.15, -0.1) is 0 Å². The average molecular weight is 364 g/mol. The molecule has 1 saturated carbocycles. The minimum atomic E-state index is -0.578. The van der Waals surface area contributed by atoms with E-state index >= 15 is 0 Å². The average Bonchev–Trinajstić information content (AvgIpc) is 2.55. The number of aryl methyl sites for hydroxylation is 1. The lowest BCUT2D eigenvalue weighted by Gasteiger charge is -2.43. The van der Waals surface area contributed by atoms with Gasteiger partial charge in [-0.25, -0.2) is 19.2 Å². The Labute approximate surface area is 150 Å². The van der Waals surface area contributed by atoms with Crippen molar-refractivity contribution in [3.8, 4) is 0 Å². The quantitative estimate of drug-likeness (QED) is 0.805. The van der Waals surface area contributed by atoms with E-state index in [0.717, 1.165) is 19.3 Å². The van der Waals surface area contributed by atoms with Crippen LogP contribution in [0, 0.1) is 12.7 Å². The van der Waals surface area contributed by atoms with Gasteiger partial charge in [0.1, 0.15) is 5.82 Å². The summed E-state index contributed by atoms with van der Waals surface area (Å²) in [5, 5.41) is 3.73. The van der Waals surface area contributed by atoms with Gasteiger partial charge in [0.15, 0.2) is 0 Å². The molecule has 25 heavy (non-hydrogen) atoms. The summed E-state index contributed by atoms with van der Waals surface area (Å²) in [6.07, 6.45) is 5.29. The summed E-state index contributed by atoms with van der Waals surface area (Å²) in [5.41, 5.74) is 0.737. The number of aromatic nitrogens is 2. The van der Waals surface area contributed by atoms with Crippen molar-refractivity contribution in [2.24, 2.45) is 0 Å². The summed E-state index contributed by atoms with van der Waals surface area (Å²) < 4.78 is 19.6. The van der Waals surface area contributed by atoms with E-state index in [0.29, 0.717) is 22.1 Å². The molecule has 2 aromatic rings. The minimum Gasteiger partial charge on any atom is -0.462 e. The van der Waals surface area contributed by atoms with Crippen molar-refractivity contribution >= 4 is 23.5 Å². The SMILES string of the molecule is CCOC(=O)c1cnc(NC2(c3cc(Cl)cc(C)c3F)CCC2)nc1. The molecule has 0 radical (unpaired) electrons. The molecule has 1 aliphatic rings. The number of carbonyl (C=O) groups is 1. The molecule has 1 aromatic heterocycles. The Kier molecular flexibility index (Phi) is 4.90. The number of hydrogen-bond acceptors (Lipinski definition) is 5. The lowest BCUT2D eigenvalue weighted by molar-refractivity contribution is 0.0525. The highest BCUT2D eigenvalue weighted by atomic mass is 35.5. The molecule has 7 heteroatoms. The van der Waals surface area contributed by atoms with Gasteiger partial charge in [0.05, 0.1) is 17.7 Å². The van der Waals surface area contributed by atoms with E-state index in [1.165, 1.54) is 12.4 Å². The van der Waals surface area contributed by atoms with Gasteiger partial charge in [-0.3, -0.25) is 0 Å². The van der Waals surface area contributed by atoms with Gasteiger partial charge in [-0.05, 0) is 50.8 Å². The Balaban J connectivity index is 1.86. The van der Waals surface area contributed by atoms with Crippen LogP contribution in [0.1, 0.15) is 47.7 Å². The van der Waals surface area contributed by atoms with E-state index in [1.807, 2.05) is 0 Å². The molecule has 0 bridgehead atoms. The van der Waals surface area contributed by atoms with Crippen LogP contribution in [0.15, 0.2) is 24.5 Å². The summed E-state index contributed by atoms with van der Waals surface area (Å²) in [6.45, 7) is 3.72. The van der Waals surface area contributed by atoms with Gasteiger partial charge in [-0.2, -0.15) is 0 Å². The number of ether oxygens (including phenoxy) is 1. The Morgan fingerprint density at radius 3 is 2.60 bits per heavy atom. The zero-order valence-electron chi connectivity index (χ0n) is 14.1. The topological polar surface area (TPSA) is 64.1 Å². The highest BCUT2D eigenvalue weighted by Gasteiger charge is 2.41. The Hall–Kier alpha value is -2.21. The van der Waals surface area contributed by atoms with E-state index in [4.69, 9.17) is 16.3 Å². The van der Waals surface area contributed by atoms with E-state index in [-0.39, 0.29) is 18.0 Å². The van der Waals surface area contributed by atoms with Gasteiger partial charge >= 0.3 is 5.97 Å². The normalized spacial score (nSPS) is 15.4. The monoisotopic (exact) mass is 363 g/mol. The van der Waals surface area contributed by atoms with E-state index in [1.54, 1.807) is 26.0 Å². The fourth-order valence-electron chi connectivity index (χ4n) is 2.99. The summed E-state index contributed by atoms with van der Waals surface area (Å²) in [6, 6.07) is 3.26. The maximum atomic E-state index is 14.7. The standard InChI is InChI=1S/C18H19ClFN3O2/c1-3-25-16(24)12-9-21-17(22-10-12)23-18(5-4-6-18)14-8-13(19)7-11(2)15(14)20/h7-10H,3-6H2,1-2H3,(H,21,22,23). The third-order valence-electron chi connectivity index (χ3n) is 4.46. The molecule has 1 fully saturated rings. The molecule has 1 N–H and O–H groups in total. The first-order valence-electron chi connectivity index (χ1n) is 8.18. The van der Waals surface area contributed by atoms with Crippen molar-refractivity contribution in [1.29, 1.82) is 0 Å². The van der Waals surface area contributed by atoms with Crippen LogP contribution in [0.5, 0.6) is 0 Å². The first-order chi connectivity index (χ1) is 11.9. The second-order valence-electron chi connectivity index (χ2n) is 6.16. The highest BCUT2D eigenvalue weighted by molar-refractivity contribution is 6.30. The largest absolute Gasteiger partial charge is 0.462 e. The molecule has 5 nitrogen and oxygen atoms in total. The minimum absolute atomic E-state index is 0.264. The molecule has 0 atom stereocenters. The van der Waals surface area contributed by atoms with Crippen molar-refractivity contribution in [3.05, 3.63) is 52.1 Å². The third-order valence-corrected chi connectivity index (χ3v) is 4.67. The summed E-state index contributed by atoms with van der Waals surface area (Å²) in [4.78, 5) is 20.0. The highest BCUT2D eigenvalue weighted by Crippen LogP contribution is 2.45. The third kappa shape index (κ3) is 3.44. The number of nitrogens with zero attached hydrogens (tertiary/aromatic N) is 2. The van der Waals surface area contributed by atoms with Crippen molar-refractivity contribution < 1.29 is 13.9 Å². The number of anilines is 1. The van der Waals surface area contributed by atoms with Gasteiger partial charge in [0, 0.05) is 23.0 Å². The fourth-order valence-corrected chi connectivity index (χ4v) is 3.26. The fraction of sp³-hybridized carbons (Fsp3) is 0.389. The van der Waals surface area contributed by atoms with Gasteiger partial charge in [0.2, 0.25) is 5.95 Å². The molecule has 132 valence electrons. The lowest BCUT2D eigenvalue weighted by atomic mass is 9.71. The molecule has 0 amide bonds. The van der Waals surface area contributed by atoms with Crippen molar-refractivity contribution in [2.75, 3.05) is 11.9 Å². The van der Waals surface area contributed by atoms with E-state index < -0.39 is 11.5 Å². The predicted molar refractivity (Wildman–Crippen MR) is 93.3 cm³/mol. The zero-order chi connectivity index (χ0) is 18.0. The first-order valence-corrected chi connectivity index (χ1v) is 8.56. The van der Waals surface area contributed by atoms with Crippen LogP contribution in [-0.4, -0.2) is 22.5 Å². The van der Waals surface area contributed by atoms with Crippen molar-refractivity contribution in [3.63, 3.8) is 0 Å². The molecule has 0 unspecified atom stereocenters. The Bertz CT molecular complexity index is 792. The van der Waals surface area contributed by atoms with Crippen LogP contribution >= 0.6 is 11.6 Å². The second kappa shape index (κ2) is 6.96. The molecule has 3 rings (SSSR count). The summed E-state index contributed by atoms with van der Waals surface area (Å²) in [5.74, 6) is -0.395. The van der Waals surface area contributed by atoms with Crippen LogP contribution in [0.25, 0.3) is 0 Å². The predicted octanol–water partition coefficient (Wildman–Crippen LogP) is 4.25. The van der Waals surface area contributed by atoms with E-state index in [9.17, 15) is 9.18 Å². The summed E-state index contributed by atoms with van der Waals surface area (Å²) >= 11 is 6.12. The van der Waals surface area contributed by atoms with Crippen LogP contribution in [-0.2, 0) is 10.3 Å². The number of nitrogens with one attached hydrogen (secondary N) is 1. The number of rotatable bonds is 5. The number of halogens is 2. The van der Waals surface area contributed by atoms with E-state index in [2.05, 4.69) is 15.3 Å². The van der Waals surface area contributed by atoms with Crippen LogP contribution in [0.3, 0.4) is 0 Å². The molecular formula is C18H19ClFN3O2. The molecule has 1 aromatic carbocycles. The zero-order valence-corrected chi connectivity index (χ0v) is 14.9. The number of hydrogen-bond donors (Lipinski definition) is 1. The Morgan fingerprint density at radius 1 is 1.36 bits per heavy atom. The van der Waals surface area contributed by atoms with Crippen molar-refractivity contribution in [2.45, 2.75) is 38.6 Å². The summed E-state index contributed by atoms with van der Waals surface area (Å²) in [7, 11) is 0. The maximum absolute atomic E-state index is 14.7. The molecule has 0 aliphatic heterocycles. The number of benzene rings is 1. The van der Waals surface area contributed by atoms with Crippen LogP contribution in [0.4, 0.5) is 10.3 Å². The van der Waals surface area contributed by atoms with Crippen LogP contribution < -0.4 is 5.32 Å². The van der Waals surface area contributed by atoms with Gasteiger partial charge in [-0.1, -0.05) is 11.6 Å². The smallest absolute Gasteiger partial charge is 0.341 e. The first kappa shape index (κ1) is 17.6. The van der Waals surface area contributed by atoms with Crippen LogP contribution in [0.2, 0.25) is 5.02 Å². The molecule has 0 spiro atoms. The molecule has 0 saturated heterocycles. The molecule has 1 aliphatic carbocycles. The Morgan fingerprint density at radius 2 is 2.04 bits per heavy atom. The lowest BCUT2D eigenvalue weighted by Crippen LogP contribution is -2.43. The second-order valence-corrected chi connectivity index (χ2v) is 6.60. The molecular weight excluding hydrogens is 345 g/mol. The molecule has 1 heterocycles. The van der Waals surface area contributed by atoms with Crippen molar-refractivity contribution in [1.82, 2.24) is 9.97 Å².